The van der Waals surface area contributed by atoms with E-state index in [1.807, 2.05) is 6.07 Å². The van der Waals surface area contributed by atoms with Crippen LogP contribution in [0.2, 0.25) is 5.02 Å². The van der Waals surface area contributed by atoms with E-state index in [0.29, 0.717) is 11.4 Å². The van der Waals surface area contributed by atoms with E-state index in [4.69, 9.17) is 11.6 Å². The summed E-state index contributed by atoms with van der Waals surface area (Å²) in [5, 5.41) is 4.05. The zero-order valence-electron chi connectivity index (χ0n) is 12.1. The van der Waals surface area contributed by atoms with Gasteiger partial charge in [0.25, 0.3) is 0 Å². The second-order valence-corrected chi connectivity index (χ2v) is 6.34. The lowest BCUT2D eigenvalue weighted by atomic mass is 9.97. The molecule has 0 radical (unpaired) electrons. The number of nitrogens with one attached hydrogen (secondary N) is 1. The van der Waals surface area contributed by atoms with Crippen molar-refractivity contribution in [2.75, 3.05) is 6.54 Å². The lowest BCUT2D eigenvalue weighted by Crippen LogP contribution is -2.23. The number of benzene rings is 2. The van der Waals surface area contributed by atoms with E-state index < -0.39 is 0 Å². The van der Waals surface area contributed by atoms with Crippen molar-refractivity contribution >= 4 is 27.5 Å². The average molecular weight is 371 g/mol. The number of likely N-dealkylation sites (N-methyl/N-ethyl adjacent to an activating group) is 1. The molecule has 2 aromatic rings. The molecule has 0 spiro atoms. The van der Waals surface area contributed by atoms with Crippen LogP contribution in [0.5, 0.6) is 0 Å². The standard InChI is InChI=1S/C17H18BrClFN/c1-3-21-17(14-8-11(2)4-6-15(14)18)10-12-9-13(20)5-7-16(12)19/h4-9,17,21H,3,10H2,1-2H3. The van der Waals surface area contributed by atoms with Crippen molar-refractivity contribution in [1.82, 2.24) is 5.32 Å². The van der Waals surface area contributed by atoms with Crippen molar-refractivity contribution in [1.29, 1.82) is 0 Å². The van der Waals surface area contributed by atoms with Crippen molar-refractivity contribution in [2.24, 2.45) is 0 Å². The van der Waals surface area contributed by atoms with E-state index in [1.165, 1.54) is 17.7 Å². The third-order valence-electron chi connectivity index (χ3n) is 3.41. The predicted molar refractivity (Wildman–Crippen MR) is 90.4 cm³/mol. The van der Waals surface area contributed by atoms with Crippen LogP contribution in [0.4, 0.5) is 4.39 Å². The van der Waals surface area contributed by atoms with Gasteiger partial charge in [0.2, 0.25) is 0 Å². The van der Waals surface area contributed by atoms with Gasteiger partial charge in [-0.3, -0.25) is 0 Å². The van der Waals surface area contributed by atoms with Crippen molar-refractivity contribution in [3.63, 3.8) is 0 Å². The van der Waals surface area contributed by atoms with Gasteiger partial charge in [-0.1, -0.05) is 52.2 Å². The van der Waals surface area contributed by atoms with Crippen molar-refractivity contribution < 1.29 is 4.39 Å². The Morgan fingerprint density at radius 3 is 2.71 bits per heavy atom. The Bertz CT molecular complexity index is 630. The van der Waals surface area contributed by atoms with Crippen LogP contribution in [0.3, 0.4) is 0 Å². The smallest absolute Gasteiger partial charge is 0.123 e. The molecule has 1 N–H and O–H groups in total. The summed E-state index contributed by atoms with van der Waals surface area (Å²) in [6.07, 6.45) is 0.645. The Hall–Kier alpha value is -0.900. The lowest BCUT2D eigenvalue weighted by Gasteiger charge is -2.21. The molecule has 4 heteroatoms. The van der Waals surface area contributed by atoms with Crippen LogP contribution in [-0.2, 0) is 6.42 Å². The molecule has 0 saturated carbocycles. The van der Waals surface area contributed by atoms with Crippen molar-refractivity contribution in [3.8, 4) is 0 Å². The number of aryl methyl sites for hydroxylation is 1. The van der Waals surface area contributed by atoms with Crippen molar-refractivity contribution in [3.05, 3.63) is 68.4 Å². The lowest BCUT2D eigenvalue weighted by molar-refractivity contribution is 0.544. The average Bonchev–Trinajstić information content (AvgIpc) is 2.45. The van der Waals surface area contributed by atoms with Gasteiger partial charge in [0.1, 0.15) is 5.82 Å². The molecule has 0 aromatic heterocycles. The Kier molecular flexibility index (Phi) is 5.80. The molecule has 2 aromatic carbocycles. The van der Waals surface area contributed by atoms with Gasteiger partial charge in [-0.05, 0) is 55.3 Å². The monoisotopic (exact) mass is 369 g/mol. The molecule has 2 rings (SSSR count). The highest BCUT2D eigenvalue weighted by Crippen LogP contribution is 2.29. The fourth-order valence-corrected chi connectivity index (χ4v) is 3.11. The second kappa shape index (κ2) is 7.39. The SMILES string of the molecule is CCNC(Cc1cc(F)ccc1Cl)c1cc(C)ccc1Br. The number of hydrogen-bond donors (Lipinski definition) is 1. The first-order valence-corrected chi connectivity index (χ1v) is 8.11. The normalized spacial score (nSPS) is 12.4. The number of halogens is 3. The highest BCUT2D eigenvalue weighted by Gasteiger charge is 2.16. The zero-order valence-corrected chi connectivity index (χ0v) is 14.4. The van der Waals surface area contributed by atoms with Gasteiger partial charge in [0, 0.05) is 15.5 Å². The maximum absolute atomic E-state index is 13.4. The van der Waals surface area contributed by atoms with Gasteiger partial charge in [0.15, 0.2) is 0 Å². The molecule has 1 atom stereocenters. The maximum Gasteiger partial charge on any atom is 0.123 e. The first kappa shape index (κ1) is 16.5. The largest absolute Gasteiger partial charge is 0.310 e. The molecule has 0 aliphatic heterocycles. The van der Waals surface area contributed by atoms with E-state index in [2.05, 4.69) is 47.2 Å². The Morgan fingerprint density at radius 1 is 1.24 bits per heavy atom. The molecule has 21 heavy (non-hydrogen) atoms. The van der Waals surface area contributed by atoms with Crippen LogP contribution in [0.25, 0.3) is 0 Å². The highest BCUT2D eigenvalue weighted by atomic mass is 79.9. The van der Waals surface area contributed by atoms with E-state index >= 15 is 0 Å². The van der Waals surface area contributed by atoms with E-state index in [1.54, 1.807) is 6.07 Å². The van der Waals surface area contributed by atoms with Crippen molar-refractivity contribution in [2.45, 2.75) is 26.3 Å². The Labute approximate surface area is 138 Å². The summed E-state index contributed by atoms with van der Waals surface area (Å²) in [6, 6.07) is 10.8. The molecular weight excluding hydrogens is 353 g/mol. The Morgan fingerprint density at radius 2 is 2.00 bits per heavy atom. The predicted octanol–water partition coefficient (Wildman–Crippen LogP) is 5.44. The first-order chi connectivity index (χ1) is 10.0. The molecule has 112 valence electrons. The topological polar surface area (TPSA) is 12.0 Å². The minimum absolute atomic E-state index is 0.0866. The molecule has 0 fully saturated rings. The fourth-order valence-electron chi connectivity index (χ4n) is 2.39. The van der Waals surface area contributed by atoms with Crippen LogP contribution in [-0.4, -0.2) is 6.54 Å². The minimum Gasteiger partial charge on any atom is -0.310 e. The summed E-state index contributed by atoms with van der Waals surface area (Å²) in [7, 11) is 0. The van der Waals surface area contributed by atoms with Gasteiger partial charge >= 0.3 is 0 Å². The summed E-state index contributed by atoms with van der Waals surface area (Å²) in [6.45, 7) is 4.95. The molecule has 0 aliphatic carbocycles. The maximum atomic E-state index is 13.4. The summed E-state index contributed by atoms with van der Waals surface area (Å²) in [5.41, 5.74) is 3.18. The number of hydrogen-bond acceptors (Lipinski definition) is 1. The summed E-state index contributed by atoms with van der Waals surface area (Å²) < 4.78 is 14.5. The molecule has 1 nitrogen and oxygen atoms in total. The van der Waals surface area contributed by atoms with Gasteiger partial charge in [-0.15, -0.1) is 0 Å². The van der Waals surface area contributed by atoms with Crippen LogP contribution < -0.4 is 5.32 Å². The molecule has 0 heterocycles. The van der Waals surface area contributed by atoms with Crippen LogP contribution >= 0.6 is 27.5 Å². The molecule has 0 amide bonds. The minimum atomic E-state index is -0.257. The Balaban J connectivity index is 2.35. The summed E-state index contributed by atoms with van der Waals surface area (Å²) in [5.74, 6) is -0.257. The third-order valence-corrected chi connectivity index (χ3v) is 4.50. The third kappa shape index (κ3) is 4.29. The highest BCUT2D eigenvalue weighted by molar-refractivity contribution is 9.10. The van der Waals surface area contributed by atoms with E-state index in [9.17, 15) is 4.39 Å². The van der Waals surface area contributed by atoms with Crippen LogP contribution in [0.15, 0.2) is 40.9 Å². The molecule has 0 bridgehead atoms. The van der Waals surface area contributed by atoms with Crippen LogP contribution in [0.1, 0.15) is 29.7 Å². The quantitative estimate of drug-likeness (QED) is 0.738. The fraction of sp³-hybridized carbons (Fsp3) is 0.294. The number of rotatable bonds is 5. The molecule has 1 unspecified atom stereocenters. The van der Waals surface area contributed by atoms with Gasteiger partial charge in [-0.2, -0.15) is 0 Å². The van der Waals surface area contributed by atoms with Gasteiger partial charge in [-0.25, -0.2) is 4.39 Å². The zero-order chi connectivity index (χ0) is 15.4. The second-order valence-electron chi connectivity index (χ2n) is 5.08. The van der Waals surface area contributed by atoms with E-state index in [0.717, 1.165) is 22.1 Å². The summed E-state index contributed by atoms with van der Waals surface area (Å²) in [4.78, 5) is 0. The van der Waals surface area contributed by atoms with Crippen LogP contribution in [0, 0.1) is 12.7 Å². The van der Waals surface area contributed by atoms with Gasteiger partial charge in [0.05, 0.1) is 0 Å². The molecular formula is C17H18BrClFN. The first-order valence-electron chi connectivity index (χ1n) is 6.94. The summed E-state index contributed by atoms with van der Waals surface area (Å²) >= 11 is 9.79. The molecule has 0 aliphatic rings. The van der Waals surface area contributed by atoms with Gasteiger partial charge < -0.3 is 5.32 Å². The molecule has 0 saturated heterocycles. The van der Waals surface area contributed by atoms with E-state index in [-0.39, 0.29) is 11.9 Å².